The minimum atomic E-state index is -2.16. The second kappa shape index (κ2) is 7.51. The summed E-state index contributed by atoms with van der Waals surface area (Å²) in [6.07, 6.45) is 2.24. The Hall–Kier alpha value is -1.88. The lowest BCUT2D eigenvalue weighted by atomic mass is 10.1. The van der Waals surface area contributed by atoms with E-state index in [4.69, 9.17) is 9.16 Å². The molecule has 28 heavy (non-hydrogen) atoms. The van der Waals surface area contributed by atoms with Crippen LogP contribution < -0.4 is 5.19 Å². The van der Waals surface area contributed by atoms with Crippen molar-refractivity contribution in [3.05, 3.63) is 65.9 Å². The van der Waals surface area contributed by atoms with E-state index in [1.54, 1.807) is 0 Å². The normalized spacial score (nSPS) is 18.3. The van der Waals surface area contributed by atoms with E-state index in [-0.39, 0.29) is 6.10 Å². The average molecular weight is 394 g/mol. The Kier molecular flexibility index (Phi) is 5.21. The average Bonchev–Trinajstić information content (AvgIpc) is 3.02. The van der Waals surface area contributed by atoms with Gasteiger partial charge in [-0.2, -0.15) is 0 Å². The molecule has 0 bridgehead atoms. The molecule has 1 unspecified atom stereocenters. The summed E-state index contributed by atoms with van der Waals surface area (Å²) in [5.74, 6) is 0. The van der Waals surface area contributed by atoms with Gasteiger partial charge in [0.25, 0.3) is 0 Å². The van der Waals surface area contributed by atoms with Gasteiger partial charge in [0.1, 0.15) is 0 Å². The third-order valence-corrected chi connectivity index (χ3v) is 11.6. The fraction of sp³-hybridized carbons (Fsp3) is 0.417. The van der Waals surface area contributed by atoms with Crippen molar-refractivity contribution in [1.29, 1.82) is 0 Å². The molecule has 1 aliphatic rings. The maximum atomic E-state index is 7.07. The lowest BCUT2D eigenvalue weighted by Crippen LogP contribution is -2.59. The van der Waals surface area contributed by atoms with Crippen LogP contribution in [0.5, 0.6) is 0 Å². The van der Waals surface area contributed by atoms with Gasteiger partial charge in [-0.05, 0) is 27.9 Å². The fourth-order valence-electron chi connectivity index (χ4n) is 4.95. The van der Waals surface area contributed by atoms with Crippen LogP contribution in [-0.4, -0.2) is 19.5 Å². The van der Waals surface area contributed by atoms with Crippen molar-refractivity contribution in [2.24, 2.45) is 7.05 Å². The van der Waals surface area contributed by atoms with E-state index in [0.29, 0.717) is 24.3 Å². The first-order valence-electron chi connectivity index (χ1n) is 10.3. The van der Waals surface area contributed by atoms with Gasteiger partial charge < -0.3 is 13.7 Å². The van der Waals surface area contributed by atoms with Gasteiger partial charge in [0.2, 0.25) is 8.32 Å². The van der Waals surface area contributed by atoms with E-state index in [0.717, 1.165) is 0 Å². The smallest absolute Gasteiger partial charge is 0.230 e. The topological polar surface area (TPSA) is 23.4 Å². The minimum absolute atomic E-state index is 0.00113. The third kappa shape index (κ3) is 3.04. The van der Waals surface area contributed by atoms with Crippen LogP contribution in [0.15, 0.2) is 54.7 Å². The number of aryl methyl sites for hydroxylation is 1. The number of hydrogen-bond acceptors (Lipinski definition) is 2. The molecule has 0 N–H and O–H groups in total. The van der Waals surface area contributed by atoms with Crippen molar-refractivity contribution < 1.29 is 9.16 Å². The zero-order valence-corrected chi connectivity index (χ0v) is 18.6. The maximum Gasteiger partial charge on any atom is 0.230 e. The Morgan fingerprint density at radius 1 is 1.00 bits per heavy atom. The summed E-state index contributed by atoms with van der Waals surface area (Å²) in [5.41, 5.74) is 4.80. The standard InChI is InChI=1S/C24H31NO2Si/c1-17(2)28(18(3)4)23-13-9-12-21-24(23)20(14-25(21)5)22(27-28)16-26-15-19-10-7-6-8-11-19/h6-14,17-18,22H,15-16H2,1-5H3. The molecule has 0 saturated heterocycles. The van der Waals surface area contributed by atoms with Crippen molar-refractivity contribution in [3.63, 3.8) is 0 Å². The number of ether oxygens (including phenoxy) is 1. The van der Waals surface area contributed by atoms with Crippen LogP contribution in [0, 0.1) is 0 Å². The van der Waals surface area contributed by atoms with Crippen LogP contribution >= 0.6 is 0 Å². The van der Waals surface area contributed by atoms with Crippen molar-refractivity contribution >= 4 is 24.4 Å². The number of hydrogen-bond donors (Lipinski definition) is 0. The quantitative estimate of drug-likeness (QED) is 0.521. The van der Waals surface area contributed by atoms with Gasteiger partial charge in [0.05, 0.1) is 19.3 Å². The number of rotatable bonds is 6. The second-order valence-corrected chi connectivity index (χ2v) is 13.3. The van der Waals surface area contributed by atoms with Crippen molar-refractivity contribution in [1.82, 2.24) is 4.57 Å². The molecule has 0 spiro atoms. The third-order valence-electron chi connectivity index (χ3n) is 6.25. The largest absolute Gasteiger partial charge is 0.402 e. The highest BCUT2D eigenvalue weighted by molar-refractivity contribution is 6.90. The Morgan fingerprint density at radius 3 is 2.39 bits per heavy atom. The molecule has 0 aliphatic carbocycles. The first-order valence-corrected chi connectivity index (χ1v) is 12.4. The minimum Gasteiger partial charge on any atom is -0.402 e. The lowest BCUT2D eigenvalue weighted by molar-refractivity contribution is 0.0341. The first-order chi connectivity index (χ1) is 13.4. The van der Waals surface area contributed by atoms with E-state index in [1.807, 2.05) is 6.07 Å². The van der Waals surface area contributed by atoms with Crippen molar-refractivity contribution in [2.75, 3.05) is 6.61 Å². The summed E-state index contributed by atoms with van der Waals surface area (Å²) in [7, 11) is -0.0250. The second-order valence-electron chi connectivity index (χ2n) is 8.60. The summed E-state index contributed by atoms with van der Waals surface area (Å²) < 4.78 is 15.5. The molecule has 1 aliphatic heterocycles. The summed E-state index contributed by atoms with van der Waals surface area (Å²) in [4.78, 5) is 0. The Morgan fingerprint density at radius 2 is 1.71 bits per heavy atom. The Balaban J connectivity index is 1.73. The van der Waals surface area contributed by atoms with Crippen LogP contribution in [-0.2, 0) is 22.8 Å². The molecule has 148 valence electrons. The van der Waals surface area contributed by atoms with Gasteiger partial charge in [-0.25, -0.2) is 0 Å². The molecule has 0 fully saturated rings. The highest BCUT2D eigenvalue weighted by Crippen LogP contribution is 2.44. The zero-order chi connectivity index (χ0) is 19.9. The number of benzene rings is 2. The fourth-order valence-corrected chi connectivity index (χ4v) is 9.89. The molecule has 0 amide bonds. The van der Waals surface area contributed by atoms with Gasteiger partial charge >= 0.3 is 0 Å². The monoisotopic (exact) mass is 393 g/mol. The Labute approximate surface area is 169 Å². The van der Waals surface area contributed by atoms with E-state index in [1.165, 1.54) is 27.2 Å². The van der Waals surface area contributed by atoms with Gasteiger partial charge in [0, 0.05) is 29.7 Å². The molecule has 3 aromatic rings. The lowest BCUT2D eigenvalue weighted by Gasteiger charge is -2.45. The SMILES string of the molecule is CC(C)[Si]1(C(C)C)OC(COCc2ccccc2)c2cn(C)c3cccc1c23. The van der Waals surface area contributed by atoms with E-state index in [2.05, 4.69) is 88.0 Å². The summed E-state index contributed by atoms with van der Waals surface area (Å²) in [6.45, 7) is 10.6. The molecule has 3 nitrogen and oxygen atoms in total. The van der Waals surface area contributed by atoms with E-state index < -0.39 is 8.32 Å². The molecule has 1 atom stereocenters. The van der Waals surface area contributed by atoms with Crippen molar-refractivity contribution in [3.8, 4) is 0 Å². The first kappa shape index (κ1) is 19.4. The number of aromatic nitrogens is 1. The highest BCUT2D eigenvalue weighted by atomic mass is 28.4. The van der Waals surface area contributed by atoms with E-state index in [9.17, 15) is 0 Å². The zero-order valence-electron chi connectivity index (χ0n) is 17.6. The van der Waals surface area contributed by atoms with Gasteiger partial charge in [-0.1, -0.05) is 70.2 Å². The maximum absolute atomic E-state index is 7.07. The van der Waals surface area contributed by atoms with Crippen LogP contribution in [0.3, 0.4) is 0 Å². The molecule has 2 aromatic carbocycles. The number of nitrogens with zero attached hydrogens (tertiary/aromatic N) is 1. The van der Waals surface area contributed by atoms with Crippen LogP contribution in [0.4, 0.5) is 0 Å². The summed E-state index contributed by atoms with van der Waals surface area (Å²) in [5, 5.41) is 2.88. The molecule has 0 radical (unpaired) electrons. The van der Waals surface area contributed by atoms with Gasteiger partial charge in [-0.3, -0.25) is 0 Å². The predicted octanol–water partition coefficient (Wildman–Crippen LogP) is 5.44. The molecular formula is C24H31NO2Si. The van der Waals surface area contributed by atoms with Crippen LogP contribution in [0.25, 0.3) is 10.9 Å². The predicted molar refractivity (Wildman–Crippen MR) is 118 cm³/mol. The summed E-state index contributed by atoms with van der Waals surface area (Å²) >= 11 is 0. The highest BCUT2D eigenvalue weighted by Gasteiger charge is 2.50. The summed E-state index contributed by atoms with van der Waals surface area (Å²) in [6, 6.07) is 17.1. The van der Waals surface area contributed by atoms with E-state index >= 15 is 0 Å². The molecule has 4 rings (SSSR count). The van der Waals surface area contributed by atoms with Crippen LogP contribution in [0.1, 0.15) is 44.9 Å². The van der Waals surface area contributed by atoms with Crippen molar-refractivity contribution in [2.45, 2.75) is 51.5 Å². The Bertz CT molecular complexity index is 953. The molecular weight excluding hydrogens is 362 g/mol. The van der Waals surface area contributed by atoms with Gasteiger partial charge in [0.15, 0.2) is 0 Å². The van der Waals surface area contributed by atoms with Crippen LogP contribution in [0.2, 0.25) is 11.1 Å². The molecule has 0 saturated carbocycles. The molecule has 1 aromatic heterocycles. The molecule has 2 heterocycles. The molecule has 4 heteroatoms. The van der Waals surface area contributed by atoms with Gasteiger partial charge in [-0.15, -0.1) is 0 Å².